The van der Waals surface area contributed by atoms with Crippen LogP contribution in [0.3, 0.4) is 0 Å². The monoisotopic (exact) mass is 185 g/mol. The molecule has 1 saturated carbocycles. The van der Waals surface area contributed by atoms with Crippen LogP contribution in [0.4, 0.5) is 0 Å². The minimum Gasteiger partial charge on any atom is -0.480 e. The fourth-order valence-corrected chi connectivity index (χ4v) is 1.72. The molecule has 1 aliphatic carbocycles. The number of carboxylic acid groups (broad SMARTS) is 1. The minimum atomic E-state index is -0.883. The van der Waals surface area contributed by atoms with E-state index >= 15 is 0 Å². The lowest BCUT2D eigenvalue weighted by Gasteiger charge is -2.24. The van der Waals surface area contributed by atoms with Gasteiger partial charge in [0.05, 0.1) is 0 Å². The predicted molar refractivity (Wildman–Crippen MR) is 51.4 cm³/mol. The van der Waals surface area contributed by atoms with Gasteiger partial charge in [0.25, 0.3) is 0 Å². The van der Waals surface area contributed by atoms with Crippen LogP contribution in [0.5, 0.6) is 0 Å². The summed E-state index contributed by atoms with van der Waals surface area (Å²) in [5.41, 5.74) is 5.73. The van der Waals surface area contributed by atoms with Gasteiger partial charge in [0.1, 0.15) is 6.04 Å². The van der Waals surface area contributed by atoms with Crippen molar-refractivity contribution in [2.75, 3.05) is 0 Å². The smallest absolute Gasteiger partial charge is 0.320 e. The van der Waals surface area contributed by atoms with E-state index in [4.69, 9.17) is 10.8 Å². The summed E-state index contributed by atoms with van der Waals surface area (Å²) in [5, 5.41) is 8.61. The van der Waals surface area contributed by atoms with E-state index in [1.54, 1.807) is 0 Å². The minimum absolute atomic E-state index is 0.285. The molecule has 0 aliphatic heterocycles. The van der Waals surface area contributed by atoms with E-state index in [1.165, 1.54) is 12.8 Å². The lowest BCUT2D eigenvalue weighted by atomic mass is 9.81. The Morgan fingerprint density at radius 1 is 1.62 bits per heavy atom. The molecule has 13 heavy (non-hydrogen) atoms. The Bertz CT molecular complexity index is 197. The van der Waals surface area contributed by atoms with Crippen LogP contribution in [-0.2, 0) is 4.79 Å². The van der Waals surface area contributed by atoms with Gasteiger partial charge in [0.15, 0.2) is 0 Å². The normalized spacial score (nSPS) is 19.9. The lowest BCUT2D eigenvalue weighted by Crippen LogP contribution is -2.31. The van der Waals surface area contributed by atoms with Gasteiger partial charge in [-0.15, -0.1) is 0 Å². The number of carboxylic acids is 1. The standard InChI is InChI=1S/C10H19NO2/c1-10(2,7-3-4-7)6-5-8(11)9(12)13/h7-8H,3-6,11H2,1-2H3,(H,12,13). The van der Waals surface area contributed by atoms with Crippen molar-refractivity contribution in [1.29, 1.82) is 0 Å². The molecule has 3 nitrogen and oxygen atoms in total. The summed E-state index contributed by atoms with van der Waals surface area (Å²) in [5.74, 6) is -0.0832. The fourth-order valence-electron chi connectivity index (χ4n) is 1.72. The maximum atomic E-state index is 10.5. The Labute approximate surface area is 79.3 Å². The van der Waals surface area contributed by atoms with Crippen LogP contribution in [0.15, 0.2) is 0 Å². The Balaban J connectivity index is 2.28. The van der Waals surface area contributed by atoms with E-state index in [0.717, 1.165) is 12.3 Å². The molecule has 0 aromatic heterocycles. The van der Waals surface area contributed by atoms with Crippen LogP contribution >= 0.6 is 0 Å². The Kier molecular flexibility index (Phi) is 2.96. The molecule has 76 valence electrons. The molecule has 0 amide bonds. The third-order valence-corrected chi connectivity index (χ3v) is 3.10. The van der Waals surface area contributed by atoms with Crippen molar-refractivity contribution in [3.05, 3.63) is 0 Å². The molecule has 0 bridgehead atoms. The summed E-state index contributed by atoms with van der Waals surface area (Å²) in [6.45, 7) is 4.42. The SMILES string of the molecule is CC(C)(CCC(N)C(=O)O)C1CC1. The van der Waals surface area contributed by atoms with Crippen LogP contribution in [-0.4, -0.2) is 17.1 Å². The molecule has 1 atom stereocenters. The van der Waals surface area contributed by atoms with Crippen molar-refractivity contribution < 1.29 is 9.90 Å². The summed E-state index contributed by atoms with van der Waals surface area (Å²) >= 11 is 0. The summed E-state index contributed by atoms with van der Waals surface area (Å²) in [6.07, 6.45) is 4.12. The van der Waals surface area contributed by atoms with E-state index in [0.29, 0.717) is 6.42 Å². The zero-order valence-electron chi connectivity index (χ0n) is 8.42. The van der Waals surface area contributed by atoms with E-state index in [9.17, 15) is 4.79 Å². The Morgan fingerprint density at radius 2 is 2.15 bits per heavy atom. The van der Waals surface area contributed by atoms with Gasteiger partial charge in [-0.25, -0.2) is 0 Å². The van der Waals surface area contributed by atoms with E-state index in [1.807, 2.05) is 0 Å². The topological polar surface area (TPSA) is 63.3 Å². The molecule has 0 saturated heterocycles. The number of carbonyl (C=O) groups is 1. The molecule has 0 aromatic carbocycles. The number of aliphatic carboxylic acids is 1. The van der Waals surface area contributed by atoms with Crippen LogP contribution in [0, 0.1) is 11.3 Å². The van der Waals surface area contributed by atoms with Crippen molar-refractivity contribution in [2.45, 2.75) is 45.6 Å². The van der Waals surface area contributed by atoms with Gasteiger partial charge in [-0.05, 0) is 37.0 Å². The van der Waals surface area contributed by atoms with Gasteiger partial charge < -0.3 is 10.8 Å². The molecule has 1 fully saturated rings. The highest BCUT2D eigenvalue weighted by Crippen LogP contribution is 2.47. The molecule has 1 unspecified atom stereocenters. The largest absolute Gasteiger partial charge is 0.480 e. The third-order valence-electron chi connectivity index (χ3n) is 3.10. The summed E-state index contributed by atoms with van der Waals surface area (Å²) in [7, 11) is 0. The molecule has 3 heteroatoms. The zero-order valence-corrected chi connectivity index (χ0v) is 8.42. The highest BCUT2D eigenvalue weighted by atomic mass is 16.4. The first kappa shape index (κ1) is 10.5. The van der Waals surface area contributed by atoms with Crippen molar-refractivity contribution in [1.82, 2.24) is 0 Å². The van der Waals surface area contributed by atoms with Gasteiger partial charge in [0.2, 0.25) is 0 Å². The van der Waals surface area contributed by atoms with Crippen molar-refractivity contribution in [3.8, 4) is 0 Å². The molecule has 0 spiro atoms. The summed E-state index contributed by atoms with van der Waals surface area (Å²) in [6, 6.07) is -0.682. The molecule has 0 radical (unpaired) electrons. The molecular formula is C10H19NO2. The van der Waals surface area contributed by atoms with Gasteiger partial charge in [0, 0.05) is 0 Å². The second-order valence-electron chi connectivity index (χ2n) is 4.75. The summed E-state index contributed by atoms with van der Waals surface area (Å²) < 4.78 is 0. The van der Waals surface area contributed by atoms with Crippen LogP contribution in [0.1, 0.15) is 39.5 Å². The zero-order chi connectivity index (χ0) is 10.1. The van der Waals surface area contributed by atoms with Gasteiger partial charge in [-0.2, -0.15) is 0 Å². The maximum Gasteiger partial charge on any atom is 0.320 e. The third kappa shape index (κ3) is 2.99. The Hall–Kier alpha value is -0.570. The first-order valence-electron chi connectivity index (χ1n) is 4.92. The molecular weight excluding hydrogens is 166 g/mol. The van der Waals surface area contributed by atoms with Crippen LogP contribution in [0.2, 0.25) is 0 Å². The fraction of sp³-hybridized carbons (Fsp3) is 0.900. The second kappa shape index (κ2) is 3.66. The van der Waals surface area contributed by atoms with Crippen LogP contribution < -0.4 is 5.73 Å². The average molecular weight is 185 g/mol. The van der Waals surface area contributed by atoms with E-state index in [2.05, 4.69) is 13.8 Å². The van der Waals surface area contributed by atoms with E-state index in [-0.39, 0.29) is 5.41 Å². The van der Waals surface area contributed by atoms with Crippen molar-refractivity contribution in [2.24, 2.45) is 17.1 Å². The first-order chi connectivity index (χ1) is 5.93. The van der Waals surface area contributed by atoms with Crippen molar-refractivity contribution >= 4 is 5.97 Å². The first-order valence-corrected chi connectivity index (χ1v) is 4.92. The molecule has 3 N–H and O–H groups in total. The molecule has 1 aliphatic rings. The number of rotatable bonds is 5. The van der Waals surface area contributed by atoms with Crippen LogP contribution in [0.25, 0.3) is 0 Å². The predicted octanol–water partition coefficient (Wildman–Crippen LogP) is 1.61. The molecule has 0 heterocycles. The quantitative estimate of drug-likeness (QED) is 0.684. The van der Waals surface area contributed by atoms with Gasteiger partial charge in [-0.1, -0.05) is 13.8 Å². The number of hydrogen-bond acceptors (Lipinski definition) is 2. The maximum absolute atomic E-state index is 10.5. The second-order valence-corrected chi connectivity index (χ2v) is 4.75. The molecule has 1 rings (SSSR count). The highest BCUT2D eigenvalue weighted by molar-refractivity contribution is 5.72. The molecule has 0 aromatic rings. The number of nitrogens with two attached hydrogens (primary N) is 1. The highest BCUT2D eigenvalue weighted by Gasteiger charge is 2.37. The number of hydrogen-bond donors (Lipinski definition) is 2. The Morgan fingerprint density at radius 3 is 2.54 bits per heavy atom. The summed E-state index contributed by atoms with van der Waals surface area (Å²) in [4.78, 5) is 10.5. The average Bonchev–Trinajstić information content (AvgIpc) is 2.81. The van der Waals surface area contributed by atoms with E-state index < -0.39 is 12.0 Å². The van der Waals surface area contributed by atoms with Gasteiger partial charge >= 0.3 is 5.97 Å². The van der Waals surface area contributed by atoms with Crippen molar-refractivity contribution in [3.63, 3.8) is 0 Å². The van der Waals surface area contributed by atoms with Gasteiger partial charge in [-0.3, -0.25) is 4.79 Å². The lowest BCUT2D eigenvalue weighted by molar-refractivity contribution is -0.138.